The molecule has 184 valence electrons. The van der Waals surface area contributed by atoms with Crippen LogP contribution in [0.2, 0.25) is 0 Å². The highest BCUT2D eigenvalue weighted by Crippen LogP contribution is 2.22. The number of benzene rings is 2. The smallest absolute Gasteiger partial charge is 0.219 e. The van der Waals surface area contributed by atoms with E-state index in [2.05, 4.69) is 55.3 Å². The van der Waals surface area contributed by atoms with Crippen molar-refractivity contribution in [3.05, 3.63) is 88.9 Å². The Morgan fingerprint density at radius 2 is 1.62 bits per heavy atom. The maximum atomic E-state index is 12.5. The molecule has 1 aliphatic carbocycles. The topological polar surface area (TPSA) is 50.4 Å². The van der Waals surface area contributed by atoms with Gasteiger partial charge in [0.1, 0.15) is 11.6 Å². The van der Waals surface area contributed by atoms with Gasteiger partial charge in [0.2, 0.25) is 5.91 Å². The highest BCUT2D eigenvalue weighted by atomic mass is 19.1. The van der Waals surface area contributed by atoms with Crippen molar-refractivity contribution in [1.29, 1.82) is 0 Å². The van der Waals surface area contributed by atoms with Crippen LogP contribution in [0.1, 0.15) is 70.1 Å². The lowest BCUT2D eigenvalue weighted by molar-refractivity contribution is -0.120. The number of halogens is 1. The summed E-state index contributed by atoms with van der Waals surface area (Å²) >= 11 is 0. The van der Waals surface area contributed by atoms with Crippen LogP contribution >= 0.6 is 0 Å². The first-order valence-electron chi connectivity index (χ1n) is 12.2. The number of ether oxygens (including phenoxy) is 1. The normalized spacial score (nSPS) is 13.3. The number of nitrogens with one attached hydrogen (secondary N) is 2. The third-order valence-corrected chi connectivity index (χ3v) is 5.83. The number of hydrogen-bond acceptors (Lipinski definition) is 3. The van der Waals surface area contributed by atoms with Crippen LogP contribution in [0.15, 0.2) is 66.4 Å². The zero-order valence-electron chi connectivity index (χ0n) is 21.0. The van der Waals surface area contributed by atoms with Gasteiger partial charge in [-0.3, -0.25) is 4.79 Å². The number of carbonyl (C=O) groups is 1. The summed E-state index contributed by atoms with van der Waals surface area (Å²) < 4.78 is 18.3. The predicted molar refractivity (Wildman–Crippen MR) is 138 cm³/mol. The zero-order valence-corrected chi connectivity index (χ0v) is 21.0. The quantitative estimate of drug-likeness (QED) is 0.371. The molecule has 2 aromatic carbocycles. The van der Waals surface area contributed by atoms with E-state index in [0.29, 0.717) is 13.0 Å². The van der Waals surface area contributed by atoms with E-state index < -0.39 is 0 Å². The van der Waals surface area contributed by atoms with Crippen LogP contribution in [0.25, 0.3) is 5.76 Å². The standard InChI is InChI=1S/C18H25NO.C11H14FNO/c1-5-13(2)14(3)20-15(4)17-8-6-16(7-9-17)12-19-18-10-11-18;1-2-11(14)13-8-7-9-3-5-10(12)6-4-9/h6-9,18-19H,4-5,10-12H2,1-3H3;3-6H,2,7-8H2,1H3,(H,13,14)/b14-13+;. The van der Waals surface area contributed by atoms with Crippen LogP contribution in [-0.4, -0.2) is 18.5 Å². The van der Waals surface area contributed by atoms with Crippen molar-refractivity contribution in [1.82, 2.24) is 10.6 Å². The van der Waals surface area contributed by atoms with Crippen molar-refractivity contribution >= 4 is 11.7 Å². The predicted octanol–water partition coefficient (Wildman–Crippen LogP) is 6.52. The minimum atomic E-state index is -0.230. The Balaban J connectivity index is 0.000000257. The minimum Gasteiger partial charge on any atom is -0.462 e. The molecule has 0 bridgehead atoms. The fourth-order valence-corrected chi connectivity index (χ4v) is 3.06. The molecule has 2 aromatic rings. The van der Waals surface area contributed by atoms with Crippen LogP contribution in [0.4, 0.5) is 4.39 Å². The summed E-state index contributed by atoms with van der Waals surface area (Å²) in [5.41, 5.74) is 4.65. The van der Waals surface area contributed by atoms with E-state index in [1.165, 1.54) is 36.1 Å². The molecule has 4 nitrogen and oxygen atoms in total. The van der Waals surface area contributed by atoms with Gasteiger partial charge in [-0.15, -0.1) is 0 Å². The Labute approximate surface area is 204 Å². The van der Waals surface area contributed by atoms with Gasteiger partial charge in [0, 0.05) is 31.1 Å². The van der Waals surface area contributed by atoms with E-state index >= 15 is 0 Å². The SMILES string of the molecule is C=C(O/C(C)=C(\C)CC)c1ccc(CNC2CC2)cc1.CCC(=O)NCCc1ccc(F)cc1. The second-order valence-corrected chi connectivity index (χ2v) is 8.65. The number of amides is 1. The van der Waals surface area contributed by atoms with Crippen LogP contribution < -0.4 is 10.6 Å². The summed E-state index contributed by atoms with van der Waals surface area (Å²) in [4.78, 5) is 10.9. The first-order valence-corrected chi connectivity index (χ1v) is 12.2. The molecule has 34 heavy (non-hydrogen) atoms. The third kappa shape index (κ3) is 10.3. The summed E-state index contributed by atoms with van der Waals surface area (Å²) in [6.07, 6.45) is 4.90. The number of allylic oxidation sites excluding steroid dienone is 2. The largest absolute Gasteiger partial charge is 0.462 e. The molecule has 5 heteroatoms. The number of hydrogen-bond donors (Lipinski definition) is 2. The summed E-state index contributed by atoms with van der Waals surface area (Å²) in [6, 6.07) is 15.5. The molecule has 0 aromatic heterocycles. The second kappa shape index (κ2) is 14.4. The maximum Gasteiger partial charge on any atom is 0.219 e. The Morgan fingerprint density at radius 1 is 1.00 bits per heavy atom. The van der Waals surface area contributed by atoms with Crippen molar-refractivity contribution in [3.8, 4) is 0 Å². The van der Waals surface area contributed by atoms with E-state index in [9.17, 15) is 9.18 Å². The highest BCUT2D eigenvalue weighted by molar-refractivity contribution is 5.75. The summed E-state index contributed by atoms with van der Waals surface area (Å²) in [5.74, 6) is 1.49. The molecule has 0 heterocycles. The maximum absolute atomic E-state index is 12.5. The van der Waals surface area contributed by atoms with Crippen molar-refractivity contribution in [2.75, 3.05) is 6.54 Å². The van der Waals surface area contributed by atoms with Gasteiger partial charge >= 0.3 is 0 Å². The molecule has 1 saturated carbocycles. The van der Waals surface area contributed by atoms with Gasteiger partial charge < -0.3 is 15.4 Å². The zero-order chi connectivity index (χ0) is 24.9. The average Bonchev–Trinajstić information content (AvgIpc) is 3.68. The second-order valence-electron chi connectivity index (χ2n) is 8.65. The van der Waals surface area contributed by atoms with Crippen LogP contribution in [0.3, 0.4) is 0 Å². The molecular weight excluding hydrogens is 427 g/mol. The van der Waals surface area contributed by atoms with Crippen molar-refractivity contribution in [2.24, 2.45) is 0 Å². The van der Waals surface area contributed by atoms with Crippen LogP contribution in [-0.2, 0) is 22.5 Å². The van der Waals surface area contributed by atoms with Gasteiger partial charge in [-0.1, -0.05) is 56.8 Å². The lowest BCUT2D eigenvalue weighted by Gasteiger charge is -2.12. The number of carbonyl (C=O) groups excluding carboxylic acids is 1. The highest BCUT2D eigenvalue weighted by Gasteiger charge is 2.19. The van der Waals surface area contributed by atoms with Crippen LogP contribution in [0.5, 0.6) is 0 Å². The summed E-state index contributed by atoms with van der Waals surface area (Å²) in [5, 5.41) is 6.28. The molecule has 1 aliphatic rings. The molecular formula is C29H39FN2O2. The van der Waals surface area contributed by atoms with Gasteiger partial charge in [0.15, 0.2) is 0 Å². The molecule has 0 saturated heterocycles. The van der Waals surface area contributed by atoms with Crippen molar-refractivity contribution in [2.45, 2.75) is 72.4 Å². The molecule has 0 unspecified atom stereocenters. The molecule has 0 atom stereocenters. The van der Waals surface area contributed by atoms with Crippen molar-refractivity contribution < 1.29 is 13.9 Å². The summed E-state index contributed by atoms with van der Waals surface area (Å²) in [7, 11) is 0. The van der Waals surface area contributed by atoms with Crippen LogP contribution in [0, 0.1) is 5.82 Å². The first kappa shape index (κ1) is 27.3. The van der Waals surface area contributed by atoms with Gasteiger partial charge in [-0.2, -0.15) is 0 Å². The minimum absolute atomic E-state index is 0.0483. The molecule has 0 radical (unpaired) electrons. The van der Waals surface area contributed by atoms with Gasteiger partial charge in [-0.05, 0) is 68.4 Å². The van der Waals surface area contributed by atoms with Gasteiger partial charge in [-0.25, -0.2) is 4.39 Å². The van der Waals surface area contributed by atoms with E-state index in [0.717, 1.165) is 48.1 Å². The third-order valence-electron chi connectivity index (χ3n) is 5.83. The molecule has 0 aliphatic heterocycles. The Kier molecular flexibility index (Phi) is 11.5. The Morgan fingerprint density at radius 3 is 2.18 bits per heavy atom. The Bertz CT molecular complexity index is 945. The molecule has 3 rings (SSSR count). The molecule has 0 spiro atoms. The lowest BCUT2D eigenvalue weighted by atomic mass is 10.1. The first-order chi connectivity index (χ1) is 16.3. The van der Waals surface area contributed by atoms with E-state index in [-0.39, 0.29) is 11.7 Å². The molecule has 2 N–H and O–H groups in total. The van der Waals surface area contributed by atoms with Gasteiger partial charge in [0.05, 0.1) is 5.76 Å². The van der Waals surface area contributed by atoms with Gasteiger partial charge in [0.25, 0.3) is 0 Å². The average molecular weight is 467 g/mol. The van der Waals surface area contributed by atoms with E-state index in [4.69, 9.17) is 4.74 Å². The van der Waals surface area contributed by atoms with Crippen molar-refractivity contribution in [3.63, 3.8) is 0 Å². The van der Waals surface area contributed by atoms with E-state index in [1.54, 1.807) is 12.1 Å². The molecule has 1 amide bonds. The summed E-state index contributed by atoms with van der Waals surface area (Å²) in [6.45, 7) is 13.6. The van der Waals surface area contributed by atoms with E-state index in [1.807, 2.05) is 13.8 Å². The molecule has 1 fully saturated rings. The Hall–Kier alpha value is -2.92. The monoisotopic (exact) mass is 466 g/mol. The fourth-order valence-electron chi connectivity index (χ4n) is 3.06. The lowest BCUT2D eigenvalue weighted by Crippen LogP contribution is -2.24. The number of rotatable bonds is 11. The fraction of sp³-hybridized carbons (Fsp3) is 0.414.